The molecule has 10 heteroatoms. The Morgan fingerprint density at radius 1 is 1.22 bits per heavy atom. The maximum absolute atomic E-state index is 10.7. The van der Waals surface area contributed by atoms with Crippen molar-refractivity contribution in [2.45, 2.75) is 12.6 Å². The Morgan fingerprint density at radius 3 is 2.70 bits per heavy atom. The quantitative estimate of drug-likeness (QED) is 0.487. The zero-order valence-corrected chi connectivity index (χ0v) is 14.7. The fraction of sp³-hybridized carbons (Fsp3) is 0.412. The zero-order valence-electron chi connectivity index (χ0n) is 14.7. The number of para-hydroxylation sites is 2. The lowest BCUT2D eigenvalue weighted by atomic mass is 10.2. The van der Waals surface area contributed by atoms with Crippen molar-refractivity contribution in [1.29, 1.82) is 0 Å². The number of aliphatic hydroxyl groups is 1. The van der Waals surface area contributed by atoms with Gasteiger partial charge in [-0.25, -0.2) is 4.98 Å². The van der Waals surface area contributed by atoms with Gasteiger partial charge in [0.05, 0.1) is 28.6 Å². The van der Waals surface area contributed by atoms with Crippen molar-refractivity contribution >= 4 is 22.7 Å². The summed E-state index contributed by atoms with van der Waals surface area (Å²) in [4.78, 5) is 22.6. The first kappa shape index (κ1) is 17.4. The predicted molar refractivity (Wildman–Crippen MR) is 99.6 cm³/mol. The van der Waals surface area contributed by atoms with Gasteiger partial charge in [0.1, 0.15) is 12.4 Å². The van der Waals surface area contributed by atoms with Gasteiger partial charge in [0, 0.05) is 32.7 Å². The first-order chi connectivity index (χ1) is 13.1. The summed E-state index contributed by atoms with van der Waals surface area (Å²) in [6.45, 7) is 4.00. The Morgan fingerprint density at radius 2 is 2.00 bits per heavy atom. The number of nitrogens with one attached hydrogen (secondary N) is 1. The summed E-state index contributed by atoms with van der Waals surface area (Å²) in [5.74, 6) is 0.875. The Labute approximate surface area is 155 Å². The average molecular weight is 371 g/mol. The van der Waals surface area contributed by atoms with E-state index in [1.807, 2.05) is 24.3 Å². The highest BCUT2D eigenvalue weighted by molar-refractivity contribution is 5.77. The maximum Gasteiger partial charge on any atom is 0.306 e. The van der Waals surface area contributed by atoms with Gasteiger partial charge >= 0.3 is 5.69 Å². The second-order valence-corrected chi connectivity index (χ2v) is 6.70. The minimum Gasteiger partial charge on any atom is -0.390 e. The molecule has 10 nitrogen and oxygen atoms in total. The summed E-state index contributed by atoms with van der Waals surface area (Å²) in [6.07, 6.45) is 1.89. The number of anilines is 1. The number of rotatable bonds is 6. The molecular weight excluding hydrogens is 350 g/mol. The molecule has 1 saturated heterocycles. The third-order valence-electron chi connectivity index (χ3n) is 4.75. The first-order valence-electron chi connectivity index (χ1n) is 8.85. The lowest BCUT2D eigenvalue weighted by Crippen LogP contribution is -2.49. The number of β-amino-alcohol motifs (C(OH)–C–C–N with tert-alkyl or cyclic N) is 1. The summed E-state index contributed by atoms with van der Waals surface area (Å²) in [6, 6.07) is 7.96. The van der Waals surface area contributed by atoms with Gasteiger partial charge in [-0.3, -0.25) is 19.7 Å². The fourth-order valence-electron chi connectivity index (χ4n) is 3.35. The molecule has 2 N–H and O–H groups in total. The number of aromatic amines is 1. The smallest absolute Gasteiger partial charge is 0.306 e. The molecule has 1 aliphatic heterocycles. The highest BCUT2D eigenvalue weighted by Crippen LogP contribution is 2.18. The van der Waals surface area contributed by atoms with Crippen LogP contribution in [-0.2, 0) is 6.54 Å². The molecule has 142 valence electrons. The summed E-state index contributed by atoms with van der Waals surface area (Å²) >= 11 is 0. The second-order valence-electron chi connectivity index (χ2n) is 6.70. The van der Waals surface area contributed by atoms with Gasteiger partial charge < -0.3 is 15.0 Å². The molecule has 1 aliphatic rings. The molecule has 0 bridgehead atoms. The summed E-state index contributed by atoms with van der Waals surface area (Å²) in [5.41, 5.74) is 1.92. The number of benzene rings is 1. The molecule has 0 aliphatic carbocycles. The fourth-order valence-corrected chi connectivity index (χ4v) is 3.35. The zero-order chi connectivity index (χ0) is 18.8. The SMILES string of the molecule is O=[N+]([O-])c1cnn(C[C@@H](O)CN2CCN(c3nc4ccccc4[nH]3)CC2)c1. The standard InChI is InChI=1S/C17H21N7O3/c25-14(12-23-10-13(9-18-23)24(26)27)11-21-5-7-22(8-6-21)17-19-15-3-1-2-4-16(15)20-17/h1-4,9-10,14,25H,5-8,11-12H2,(H,19,20)/t14-/m0/s1. The number of aliphatic hydroxyl groups excluding tert-OH is 1. The molecule has 27 heavy (non-hydrogen) atoms. The maximum atomic E-state index is 10.7. The van der Waals surface area contributed by atoms with Crippen LogP contribution in [0, 0.1) is 10.1 Å². The summed E-state index contributed by atoms with van der Waals surface area (Å²) in [7, 11) is 0. The number of nitro groups is 1. The predicted octanol–water partition coefficient (Wildman–Crippen LogP) is 0.851. The Kier molecular flexibility index (Phi) is 4.73. The average Bonchev–Trinajstić information content (AvgIpc) is 3.29. The van der Waals surface area contributed by atoms with E-state index in [1.54, 1.807) is 0 Å². The van der Waals surface area contributed by atoms with Crippen LogP contribution in [0.3, 0.4) is 0 Å². The normalized spacial score (nSPS) is 16.7. The Hall–Kier alpha value is -2.98. The van der Waals surface area contributed by atoms with Crippen LogP contribution < -0.4 is 4.90 Å². The largest absolute Gasteiger partial charge is 0.390 e. The van der Waals surface area contributed by atoms with E-state index in [4.69, 9.17) is 0 Å². The topological polar surface area (TPSA) is 116 Å². The van der Waals surface area contributed by atoms with Crippen LogP contribution in [-0.4, -0.2) is 73.5 Å². The van der Waals surface area contributed by atoms with Crippen LogP contribution in [0.25, 0.3) is 11.0 Å². The van der Waals surface area contributed by atoms with Crippen LogP contribution in [0.2, 0.25) is 0 Å². The van der Waals surface area contributed by atoms with Crippen molar-refractivity contribution in [2.24, 2.45) is 0 Å². The number of aromatic nitrogens is 4. The van der Waals surface area contributed by atoms with Crippen LogP contribution in [0.4, 0.5) is 11.6 Å². The lowest BCUT2D eigenvalue weighted by molar-refractivity contribution is -0.385. The molecule has 0 amide bonds. The van der Waals surface area contributed by atoms with E-state index < -0.39 is 11.0 Å². The minimum atomic E-state index is -0.637. The molecule has 2 aromatic heterocycles. The van der Waals surface area contributed by atoms with Gasteiger partial charge in [-0.2, -0.15) is 5.10 Å². The summed E-state index contributed by atoms with van der Waals surface area (Å²) in [5, 5.41) is 24.9. The lowest BCUT2D eigenvalue weighted by Gasteiger charge is -2.35. The van der Waals surface area contributed by atoms with Gasteiger partial charge in [-0.05, 0) is 12.1 Å². The first-order valence-corrected chi connectivity index (χ1v) is 8.85. The van der Waals surface area contributed by atoms with Gasteiger partial charge in [0.2, 0.25) is 5.95 Å². The van der Waals surface area contributed by atoms with Gasteiger partial charge in [0.15, 0.2) is 0 Å². The third-order valence-corrected chi connectivity index (χ3v) is 4.75. The Balaban J connectivity index is 1.29. The number of H-pyrrole nitrogens is 1. The molecular formula is C17H21N7O3. The van der Waals surface area contributed by atoms with Crippen molar-refractivity contribution in [3.63, 3.8) is 0 Å². The van der Waals surface area contributed by atoms with Crippen molar-refractivity contribution in [3.05, 3.63) is 46.8 Å². The molecule has 3 aromatic rings. The Bertz CT molecular complexity index is 896. The third kappa shape index (κ3) is 3.91. The van der Waals surface area contributed by atoms with Crippen molar-refractivity contribution in [2.75, 3.05) is 37.6 Å². The van der Waals surface area contributed by atoms with Gasteiger partial charge in [-0.15, -0.1) is 0 Å². The second kappa shape index (κ2) is 7.33. The molecule has 0 saturated carbocycles. The van der Waals surface area contributed by atoms with E-state index in [0.29, 0.717) is 6.54 Å². The highest BCUT2D eigenvalue weighted by Gasteiger charge is 2.22. The monoisotopic (exact) mass is 371 g/mol. The van der Waals surface area contributed by atoms with E-state index in [2.05, 4.69) is 24.9 Å². The van der Waals surface area contributed by atoms with Crippen LogP contribution in [0.1, 0.15) is 0 Å². The van der Waals surface area contributed by atoms with E-state index in [1.165, 1.54) is 17.1 Å². The van der Waals surface area contributed by atoms with E-state index >= 15 is 0 Å². The van der Waals surface area contributed by atoms with Gasteiger partial charge in [0.25, 0.3) is 0 Å². The van der Waals surface area contributed by atoms with E-state index in [-0.39, 0.29) is 12.2 Å². The molecule has 3 heterocycles. The molecule has 1 fully saturated rings. The van der Waals surface area contributed by atoms with Crippen molar-refractivity contribution in [3.8, 4) is 0 Å². The number of piperazine rings is 1. The minimum absolute atomic E-state index is 0.0679. The van der Waals surface area contributed by atoms with Crippen molar-refractivity contribution < 1.29 is 10.0 Å². The van der Waals surface area contributed by atoms with Crippen LogP contribution >= 0.6 is 0 Å². The number of hydrogen-bond donors (Lipinski definition) is 2. The number of imidazole rings is 1. The molecule has 1 aromatic carbocycles. The van der Waals surface area contributed by atoms with Gasteiger partial charge in [-0.1, -0.05) is 12.1 Å². The van der Waals surface area contributed by atoms with Crippen LogP contribution in [0.5, 0.6) is 0 Å². The highest BCUT2D eigenvalue weighted by atomic mass is 16.6. The molecule has 0 radical (unpaired) electrons. The van der Waals surface area contributed by atoms with Crippen molar-refractivity contribution in [1.82, 2.24) is 24.6 Å². The summed E-state index contributed by atoms with van der Waals surface area (Å²) < 4.78 is 1.41. The van der Waals surface area contributed by atoms with Crippen LogP contribution in [0.15, 0.2) is 36.7 Å². The number of nitrogens with zero attached hydrogens (tertiary/aromatic N) is 6. The molecule has 0 spiro atoms. The van der Waals surface area contributed by atoms with E-state index in [0.717, 1.165) is 43.2 Å². The number of fused-ring (bicyclic) bond motifs is 1. The van der Waals surface area contributed by atoms with E-state index in [9.17, 15) is 15.2 Å². The molecule has 1 atom stereocenters. The molecule has 0 unspecified atom stereocenters. The molecule has 4 rings (SSSR count). The number of hydrogen-bond acceptors (Lipinski definition) is 7.